The highest BCUT2D eigenvalue weighted by molar-refractivity contribution is 6.33. The summed E-state index contributed by atoms with van der Waals surface area (Å²) < 4.78 is 11.5. The van der Waals surface area contributed by atoms with E-state index >= 15 is 0 Å². The second-order valence-electron chi connectivity index (χ2n) is 11.6. The molecule has 0 spiro atoms. The Labute approximate surface area is 241 Å². The number of likely N-dealkylation sites (N-methyl/N-ethyl adjacent to an activating group) is 1. The number of piperidine rings is 1. The minimum absolute atomic E-state index is 0.174. The summed E-state index contributed by atoms with van der Waals surface area (Å²) in [5, 5.41) is 18.6. The highest BCUT2D eigenvalue weighted by Gasteiger charge is 2.38. The van der Waals surface area contributed by atoms with Crippen LogP contribution in [0.1, 0.15) is 49.6 Å². The van der Waals surface area contributed by atoms with E-state index in [9.17, 15) is 5.11 Å². The predicted octanol–water partition coefficient (Wildman–Crippen LogP) is 4.79. The standard InChI is InChI=1S/C30H41ClN6O3/c1-17-13-22(11-12-32-17)37(21-7-8-21)30-18(2)28(27-19(3)35-40-20(27)4)33-29(34-30)25-14-24(9-10-26(25)31)39-16-23(38)15-36(5)6/h9-10,14,17,21-23,32,38H,7-8,11-13,15-16H2,1-6H3/t17-,22-,23+/m0/s1. The molecule has 1 aliphatic heterocycles. The molecule has 216 valence electrons. The fourth-order valence-electron chi connectivity index (χ4n) is 5.73. The van der Waals surface area contributed by atoms with E-state index in [4.69, 9.17) is 30.8 Å². The number of hydrogen-bond donors (Lipinski definition) is 2. The number of aryl methyl sites for hydroxylation is 2. The van der Waals surface area contributed by atoms with Gasteiger partial charge in [-0.2, -0.15) is 0 Å². The van der Waals surface area contributed by atoms with Gasteiger partial charge in [0.1, 0.15) is 30.0 Å². The van der Waals surface area contributed by atoms with Crippen LogP contribution in [0.5, 0.6) is 5.75 Å². The molecule has 0 amide bonds. The molecule has 2 N–H and O–H groups in total. The number of ether oxygens (including phenoxy) is 1. The first-order valence-electron chi connectivity index (χ1n) is 14.2. The number of aliphatic hydroxyl groups is 1. The van der Waals surface area contributed by atoms with Crippen molar-refractivity contribution in [3.05, 3.63) is 40.2 Å². The van der Waals surface area contributed by atoms with Gasteiger partial charge in [0.25, 0.3) is 0 Å². The van der Waals surface area contributed by atoms with E-state index in [-0.39, 0.29) is 6.61 Å². The van der Waals surface area contributed by atoms with Crippen molar-refractivity contribution in [2.75, 3.05) is 38.7 Å². The fraction of sp³-hybridized carbons (Fsp3) is 0.567. The molecule has 3 heterocycles. The molecule has 0 radical (unpaired) electrons. The lowest BCUT2D eigenvalue weighted by molar-refractivity contribution is 0.0831. The van der Waals surface area contributed by atoms with Gasteiger partial charge in [-0.15, -0.1) is 0 Å². The molecule has 1 aromatic carbocycles. The number of benzene rings is 1. The molecule has 1 saturated heterocycles. The van der Waals surface area contributed by atoms with E-state index in [2.05, 4.69) is 29.2 Å². The average molecular weight is 569 g/mol. The van der Waals surface area contributed by atoms with Crippen molar-refractivity contribution in [3.8, 4) is 28.4 Å². The first-order valence-corrected chi connectivity index (χ1v) is 14.6. The Hall–Kier alpha value is -2.72. The van der Waals surface area contributed by atoms with Crippen LogP contribution in [-0.2, 0) is 0 Å². The van der Waals surface area contributed by atoms with Crippen LogP contribution in [0.3, 0.4) is 0 Å². The molecule has 1 aliphatic carbocycles. The van der Waals surface area contributed by atoms with Crippen LogP contribution in [0.2, 0.25) is 5.02 Å². The quantitative estimate of drug-likeness (QED) is 0.357. The molecule has 2 aromatic heterocycles. The van der Waals surface area contributed by atoms with Crippen LogP contribution in [0.4, 0.5) is 5.82 Å². The van der Waals surface area contributed by atoms with Crippen molar-refractivity contribution >= 4 is 17.4 Å². The minimum Gasteiger partial charge on any atom is -0.491 e. The van der Waals surface area contributed by atoms with Crippen molar-refractivity contribution in [2.24, 2.45) is 0 Å². The van der Waals surface area contributed by atoms with Crippen LogP contribution >= 0.6 is 11.6 Å². The van der Waals surface area contributed by atoms with E-state index in [0.29, 0.717) is 46.8 Å². The minimum atomic E-state index is -0.609. The van der Waals surface area contributed by atoms with Gasteiger partial charge in [0.05, 0.1) is 22.0 Å². The van der Waals surface area contributed by atoms with Crippen molar-refractivity contribution in [2.45, 2.75) is 77.6 Å². The van der Waals surface area contributed by atoms with Crippen molar-refractivity contribution in [1.29, 1.82) is 0 Å². The molecule has 3 atom stereocenters. The maximum Gasteiger partial charge on any atom is 0.163 e. The monoisotopic (exact) mass is 568 g/mol. The lowest BCUT2D eigenvalue weighted by atomic mass is 9.97. The van der Waals surface area contributed by atoms with Crippen molar-refractivity contribution in [3.63, 3.8) is 0 Å². The Kier molecular flexibility index (Phi) is 8.66. The van der Waals surface area contributed by atoms with Crippen LogP contribution in [-0.4, -0.2) is 83.2 Å². The van der Waals surface area contributed by atoms with Gasteiger partial charge in [0.15, 0.2) is 5.82 Å². The first kappa shape index (κ1) is 28.8. The third-order valence-electron chi connectivity index (χ3n) is 7.76. The number of nitrogens with one attached hydrogen (secondary N) is 1. The molecule has 3 aromatic rings. The lowest BCUT2D eigenvalue weighted by Crippen LogP contribution is -2.48. The van der Waals surface area contributed by atoms with Crippen LogP contribution in [0, 0.1) is 20.8 Å². The molecule has 5 rings (SSSR count). The van der Waals surface area contributed by atoms with Gasteiger partial charge >= 0.3 is 0 Å². The van der Waals surface area contributed by atoms with Gasteiger partial charge in [-0.05, 0) is 92.2 Å². The van der Waals surface area contributed by atoms with Gasteiger partial charge in [-0.1, -0.05) is 16.8 Å². The summed E-state index contributed by atoms with van der Waals surface area (Å²) in [6.07, 6.45) is 3.85. The summed E-state index contributed by atoms with van der Waals surface area (Å²) in [5.74, 6) is 2.81. The summed E-state index contributed by atoms with van der Waals surface area (Å²) in [6.45, 7) is 9.90. The van der Waals surface area contributed by atoms with Crippen LogP contribution in [0.15, 0.2) is 22.7 Å². The van der Waals surface area contributed by atoms with Gasteiger partial charge in [-0.3, -0.25) is 0 Å². The topological polar surface area (TPSA) is 99.8 Å². The smallest absolute Gasteiger partial charge is 0.163 e. The van der Waals surface area contributed by atoms with E-state index < -0.39 is 6.10 Å². The molecule has 0 bridgehead atoms. The van der Waals surface area contributed by atoms with Crippen molar-refractivity contribution < 1.29 is 14.4 Å². The fourth-order valence-corrected chi connectivity index (χ4v) is 5.93. The molecule has 1 saturated carbocycles. The molecule has 0 unspecified atom stereocenters. The summed E-state index contributed by atoms with van der Waals surface area (Å²) in [5.41, 5.74) is 4.21. The van der Waals surface area contributed by atoms with E-state index in [0.717, 1.165) is 66.3 Å². The summed E-state index contributed by atoms with van der Waals surface area (Å²) in [6, 6.07) is 6.80. The Morgan fingerprint density at radius 3 is 2.58 bits per heavy atom. The molecule has 9 nitrogen and oxygen atoms in total. The van der Waals surface area contributed by atoms with Crippen LogP contribution < -0.4 is 15.0 Å². The normalized spacial score (nSPS) is 20.1. The molecule has 2 fully saturated rings. The van der Waals surface area contributed by atoms with Gasteiger partial charge < -0.3 is 29.5 Å². The predicted molar refractivity (Wildman–Crippen MR) is 158 cm³/mol. The van der Waals surface area contributed by atoms with E-state index in [1.807, 2.05) is 45.0 Å². The largest absolute Gasteiger partial charge is 0.491 e. The third-order valence-corrected chi connectivity index (χ3v) is 8.09. The van der Waals surface area contributed by atoms with Crippen molar-refractivity contribution in [1.82, 2.24) is 25.3 Å². The van der Waals surface area contributed by atoms with E-state index in [1.165, 1.54) is 0 Å². The summed E-state index contributed by atoms with van der Waals surface area (Å²) >= 11 is 6.77. The highest BCUT2D eigenvalue weighted by atomic mass is 35.5. The second kappa shape index (κ2) is 12.0. The van der Waals surface area contributed by atoms with Gasteiger partial charge in [0.2, 0.25) is 0 Å². The zero-order chi connectivity index (χ0) is 28.6. The number of hydrogen-bond acceptors (Lipinski definition) is 9. The zero-order valence-corrected chi connectivity index (χ0v) is 25.1. The Morgan fingerprint density at radius 1 is 1.15 bits per heavy atom. The maximum absolute atomic E-state index is 10.3. The lowest BCUT2D eigenvalue weighted by Gasteiger charge is -2.39. The summed E-state index contributed by atoms with van der Waals surface area (Å²) in [4.78, 5) is 14.8. The number of aliphatic hydroxyl groups excluding tert-OH is 1. The van der Waals surface area contributed by atoms with E-state index in [1.54, 1.807) is 6.07 Å². The number of nitrogens with zero attached hydrogens (tertiary/aromatic N) is 5. The molecule has 40 heavy (non-hydrogen) atoms. The number of halogens is 1. The highest BCUT2D eigenvalue weighted by Crippen LogP contribution is 2.42. The second-order valence-corrected chi connectivity index (χ2v) is 12.0. The molecule has 10 heteroatoms. The average Bonchev–Trinajstić information content (AvgIpc) is 3.68. The Bertz CT molecular complexity index is 1320. The van der Waals surface area contributed by atoms with Crippen LogP contribution in [0.25, 0.3) is 22.6 Å². The van der Waals surface area contributed by atoms with Gasteiger partial charge in [0, 0.05) is 35.8 Å². The number of anilines is 1. The Balaban J connectivity index is 1.60. The number of rotatable bonds is 10. The number of aromatic nitrogens is 3. The third kappa shape index (κ3) is 6.28. The SMILES string of the molecule is Cc1noc(C)c1-c1nc(-c2cc(OC[C@H](O)CN(C)C)ccc2Cl)nc(N(C2CC2)[C@H]2CCN[C@@H](C)C2)c1C. The molecule has 2 aliphatic rings. The zero-order valence-electron chi connectivity index (χ0n) is 24.4. The molecular formula is C30H41ClN6O3. The summed E-state index contributed by atoms with van der Waals surface area (Å²) in [7, 11) is 3.84. The maximum atomic E-state index is 10.3. The first-order chi connectivity index (χ1) is 19.1. The Morgan fingerprint density at radius 2 is 1.93 bits per heavy atom. The molecular weight excluding hydrogens is 528 g/mol. The van der Waals surface area contributed by atoms with Gasteiger partial charge in [-0.25, -0.2) is 9.97 Å².